The number of hydrogen-bond donors (Lipinski definition) is 2. The van der Waals surface area contributed by atoms with Gasteiger partial charge in [-0.25, -0.2) is 4.79 Å². The summed E-state index contributed by atoms with van der Waals surface area (Å²) in [5.74, 6) is -1.02. The van der Waals surface area contributed by atoms with E-state index in [2.05, 4.69) is 6.92 Å². The lowest BCUT2D eigenvalue weighted by atomic mass is 10.1. The summed E-state index contributed by atoms with van der Waals surface area (Å²) in [6.45, 7) is 2.14. The number of carboxylic acids is 1. The summed E-state index contributed by atoms with van der Waals surface area (Å²) in [5.41, 5.74) is 5.16. The molecule has 70 valence electrons. The molecule has 0 spiro atoms. The fourth-order valence-electron chi connectivity index (χ4n) is 0.916. The molecule has 0 saturated carbocycles. The van der Waals surface area contributed by atoms with Gasteiger partial charge in [-0.1, -0.05) is 32.3 Å². The van der Waals surface area contributed by atoms with Gasteiger partial charge >= 0.3 is 5.97 Å². The van der Waals surface area contributed by atoms with Gasteiger partial charge in [0.1, 0.15) is 5.70 Å². The molecule has 3 N–H and O–H groups in total. The van der Waals surface area contributed by atoms with Crippen molar-refractivity contribution in [2.24, 2.45) is 5.73 Å². The summed E-state index contributed by atoms with van der Waals surface area (Å²) < 4.78 is 0. The Bertz CT molecular complexity index is 164. The van der Waals surface area contributed by atoms with E-state index in [1.165, 1.54) is 12.8 Å². The molecule has 0 fully saturated rings. The Hall–Kier alpha value is -0.990. The number of carboxylic acid groups (broad SMARTS) is 1. The van der Waals surface area contributed by atoms with Crippen LogP contribution in [-0.4, -0.2) is 11.1 Å². The Kier molecular flexibility index (Phi) is 6.15. The second kappa shape index (κ2) is 6.70. The maximum atomic E-state index is 10.2. The number of nitrogens with two attached hydrogens (primary N) is 1. The Morgan fingerprint density at radius 1 is 1.42 bits per heavy atom. The van der Waals surface area contributed by atoms with Crippen LogP contribution < -0.4 is 5.73 Å². The summed E-state index contributed by atoms with van der Waals surface area (Å²) >= 11 is 0. The summed E-state index contributed by atoms with van der Waals surface area (Å²) in [4.78, 5) is 10.2. The SMILES string of the molecule is CCCCCC/C=C(\N)C(=O)O. The molecule has 0 rings (SSSR count). The predicted octanol–water partition coefficient (Wildman–Crippen LogP) is 1.88. The lowest BCUT2D eigenvalue weighted by Crippen LogP contribution is -2.09. The first-order chi connectivity index (χ1) is 5.68. The molecule has 0 radical (unpaired) electrons. The molecule has 0 bridgehead atoms. The number of aliphatic carboxylic acids is 1. The van der Waals surface area contributed by atoms with Gasteiger partial charge in [-0.3, -0.25) is 0 Å². The predicted molar refractivity (Wildman–Crippen MR) is 48.7 cm³/mol. The van der Waals surface area contributed by atoms with Crippen LogP contribution in [0.2, 0.25) is 0 Å². The number of carbonyl (C=O) groups is 1. The van der Waals surface area contributed by atoms with Crippen LogP contribution in [-0.2, 0) is 4.79 Å². The van der Waals surface area contributed by atoms with Gasteiger partial charge in [0, 0.05) is 0 Å². The number of unbranched alkanes of at least 4 members (excludes halogenated alkanes) is 4. The summed E-state index contributed by atoms with van der Waals surface area (Å²) in [6, 6.07) is 0. The Labute approximate surface area is 73.3 Å². The monoisotopic (exact) mass is 171 g/mol. The van der Waals surface area contributed by atoms with E-state index in [1.807, 2.05) is 0 Å². The molecule has 0 aromatic heterocycles. The van der Waals surface area contributed by atoms with Gasteiger partial charge < -0.3 is 10.8 Å². The fourth-order valence-corrected chi connectivity index (χ4v) is 0.916. The normalized spacial score (nSPS) is 11.6. The molecule has 0 atom stereocenters. The molecule has 0 aliphatic carbocycles. The average molecular weight is 171 g/mol. The van der Waals surface area contributed by atoms with E-state index in [1.54, 1.807) is 6.08 Å². The minimum absolute atomic E-state index is 0.0356. The molecular formula is C9H17NO2. The molecule has 3 nitrogen and oxygen atoms in total. The van der Waals surface area contributed by atoms with E-state index in [-0.39, 0.29) is 5.70 Å². The summed E-state index contributed by atoms with van der Waals surface area (Å²) in [5, 5.41) is 8.39. The molecule has 0 aliphatic rings. The van der Waals surface area contributed by atoms with E-state index in [0.717, 1.165) is 19.3 Å². The highest BCUT2D eigenvalue weighted by Crippen LogP contribution is 2.03. The third-order valence-corrected chi connectivity index (χ3v) is 1.67. The standard InChI is InChI=1S/C9H17NO2/c1-2-3-4-5-6-7-8(10)9(11)12/h7H,2-6,10H2,1H3,(H,11,12)/b8-7-. The third kappa shape index (κ3) is 5.77. The van der Waals surface area contributed by atoms with E-state index in [4.69, 9.17) is 10.8 Å². The highest BCUT2D eigenvalue weighted by atomic mass is 16.4. The second-order valence-corrected chi connectivity index (χ2v) is 2.81. The van der Waals surface area contributed by atoms with E-state index >= 15 is 0 Å². The maximum Gasteiger partial charge on any atom is 0.351 e. The second-order valence-electron chi connectivity index (χ2n) is 2.81. The van der Waals surface area contributed by atoms with Gasteiger partial charge in [-0.15, -0.1) is 0 Å². The first kappa shape index (κ1) is 11.0. The fraction of sp³-hybridized carbons (Fsp3) is 0.667. The topological polar surface area (TPSA) is 63.3 Å². The zero-order valence-electron chi connectivity index (χ0n) is 7.55. The molecule has 0 amide bonds. The van der Waals surface area contributed by atoms with Crippen LogP contribution in [0.1, 0.15) is 39.0 Å². The smallest absolute Gasteiger partial charge is 0.351 e. The van der Waals surface area contributed by atoms with Gasteiger partial charge in [0.15, 0.2) is 0 Å². The van der Waals surface area contributed by atoms with Crippen LogP contribution in [0.15, 0.2) is 11.8 Å². The molecule has 0 heterocycles. The summed E-state index contributed by atoms with van der Waals surface area (Å²) in [7, 11) is 0. The molecule has 0 saturated heterocycles. The van der Waals surface area contributed by atoms with E-state index in [0.29, 0.717) is 0 Å². The van der Waals surface area contributed by atoms with Crippen molar-refractivity contribution in [3.63, 3.8) is 0 Å². The molecule has 0 aromatic carbocycles. The van der Waals surface area contributed by atoms with Crippen molar-refractivity contribution in [1.29, 1.82) is 0 Å². The van der Waals surface area contributed by atoms with Gasteiger partial charge in [0.2, 0.25) is 0 Å². The molecule has 3 heteroatoms. The van der Waals surface area contributed by atoms with Crippen molar-refractivity contribution in [1.82, 2.24) is 0 Å². The lowest BCUT2D eigenvalue weighted by molar-refractivity contribution is -0.132. The first-order valence-electron chi connectivity index (χ1n) is 4.37. The van der Waals surface area contributed by atoms with Crippen molar-refractivity contribution in [2.45, 2.75) is 39.0 Å². The van der Waals surface area contributed by atoms with Crippen LogP contribution in [0.5, 0.6) is 0 Å². The summed E-state index contributed by atoms with van der Waals surface area (Å²) in [6.07, 6.45) is 6.94. The minimum Gasteiger partial charge on any atom is -0.477 e. The molecular weight excluding hydrogens is 154 g/mol. The average Bonchev–Trinajstić information content (AvgIpc) is 2.03. The van der Waals surface area contributed by atoms with Crippen LogP contribution >= 0.6 is 0 Å². The minimum atomic E-state index is -1.02. The number of rotatable bonds is 6. The molecule has 0 aliphatic heterocycles. The van der Waals surface area contributed by atoms with Gasteiger partial charge in [0.05, 0.1) is 0 Å². The largest absolute Gasteiger partial charge is 0.477 e. The van der Waals surface area contributed by atoms with Gasteiger partial charge in [0.25, 0.3) is 0 Å². The third-order valence-electron chi connectivity index (χ3n) is 1.67. The zero-order chi connectivity index (χ0) is 9.40. The number of allylic oxidation sites excluding steroid dienone is 1. The van der Waals surface area contributed by atoms with Crippen LogP contribution in [0.4, 0.5) is 0 Å². The van der Waals surface area contributed by atoms with Crippen molar-refractivity contribution < 1.29 is 9.90 Å². The van der Waals surface area contributed by atoms with E-state index in [9.17, 15) is 4.79 Å². The van der Waals surface area contributed by atoms with E-state index < -0.39 is 5.97 Å². The molecule has 0 aromatic rings. The van der Waals surface area contributed by atoms with Gasteiger partial charge in [-0.2, -0.15) is 0 Å². The van der Waals surface area contributed by atoms with Crippen LogP contribution in [0, 0.1) is 0 Å². The zero-order valence-corrected chi connectivity index (χ0v) is 7.55. The Balaban J connectivity index is 3.40. The van der Waals surface area contributed by atoms with Crippen molar-refractivity contribution in [3.8, 4) is 0 Å². The quantitative estimate of drug-likeness (QED) is 0.473. The number of hydrogen-bond acceptors (Lipinski definition) is 2. The van der Waals surface area contributed by atoms with Gasteiger partial charge in [-0.05, 0) is 12.8 Å². The van der Waals surface area contributed by atoms with Crippen LogP contribution in [0.25, 0.3) is 0 Å². The molecule has 0 unspecified atom stereocenters. The molecule has 12 heavy (non-hydrogen) atoms. The van der Waals surface area contributed by atoms with Crippen molar-refractivity contribution >= 4 is 5.97 Å². The Morgan fingerprint density at radius 3 is 2.58 bits per heavy atom. The Morgan fingerprint density at radius 2 is 2.08 bits per heavy atom. The lowest BCUT2D eigenvalue weighted by Gasteiger charge is -1.95. The highest BCUT2D eigenvalue weighted by Gasteiger charge is 1.98. The maximum absolute atomic E-state index is 10.2. The highest BCUT2D eigenvalue weighted by molar-refractivity contribution is 5.85. The van der Waals surface area contributed by atoms with Crippen molar-refractivity contribution in [3.05, 3.63) is 11.8 Å². The van der Waals surface area contributed by atoms with Crippen LogP contribution in [0.3, 0.4) is 0 Å². The first-order valence-corrected chi connectivity index (χ1v) is 4.37. The van der Waals surface area contributed by atoms with Crippen molar-refractivity contribution in [2.75, 3.05) is 0 Å².